The average Bonchev–Trinajstić information content (AvgIpc) is 3.15. The van der Waals surface area contributed by atoms with Gasteiger partial charge >= 0.3 is 0 Å². The number of allylic oxidation sites excluding steroid dienone is 4. The molecule has 0 saturated heterocycles. The maximum absolute atomic E-state index is 8.83. The number of benzene rings is 2. The summed E-state index contributed by atoms with van der Waals surface area (Å²) < 4.78 is 2.39. The highest BCUT2D eigenvalue weighted by Gasteiger charge is 2.44. The first kappa shape index (κ1) is 23.8. The van der Waals surface area contributed by atoms with Gasteiger partial charge in [0.05, 0.1) is 12.0 Å². The molecule has 33 heavy (non-hydrogen) atoms. The molecule has 174 valence electrons. The largest absolute Gasteiger partial charge is 0.342 e. The molecule has 0 fully saturated rings. The topological polar surface area (TPSA) is 47.7 Å². The number of anilines is 1. The molecule has 4 rings (SSSR count). The zero-order valence-electron chi connectivity index (χ0n) is 19.9. The monoisotopic (exact) mass is 464 g/mol. The van der Waals surface area contributed by atoms with E-state index in [0.29, 0.717) is 13.2 Å². The van der Waals surface area contributed by atoms with Gasteiger partial charge in [0.25, 0.3) is 0 Å². The van der Waals surface area contributed by atoms with Gasteiger partial charge < -0.3 is 4.90 Å². The van der Waals surface area contributed by atoms with E-state index in [1.54, 1.807) is 5.64 Å². The molecule has 0 radical (unpaired) electrons. The lowest BCUT2D eigenvalue weighted by molar-refractivity contribution is -0.431. The lowest BCUT2D eigenvalue weighted by Gasteiger charge is -2.26. The quantitative estimate of drug-likeness (QED) is 0.219. The van der Waals surface area contributed by atoms with Gasteiger partial charge in [-0.3, -0.25) is 10.0 Å². The number of hydrogen-bond acceptors (Lipinski definition) is 5. The summed E-state index contributed by atoms with van der Waals surface area (Å²) in [6, 6.07) is 17.2. The van der Waals surface area contributed by atoms with Gasteiger partial charge in [0.1, 0.15) is 0 Å². The van der Waals surface area contributed by atoms with Crippen LogP contribution in [0.5, 0.6) is 0 Å². The maximum atomic E-state index is 8.83. The van der Waals surface area contributed by atoms with Gasteiger partial charge in [-0.2, -0.15) is 17.2 Å². The summed E-state index contributed by atoms with van der Waals surface area (Å²) in [5.74, 6) is 0.790. The zero-order chi connectivity index (χ0) is 23.6. The van der Waals surface area contributed by atoms with Crippen molar-refractivity contribution in [1.82, 2.24) is 5.64 Å². The predicted molar refractivity (Wildman–Crippen MR) is 138 cm³/mol. The minimum absolute atomic E-state index is 0.0803. The summed E-state index contributed by atoms with van der Waals surface area (Å²) in [5, 5.41) is 8.83. The molecule has 0 spiro atoms. The van der Waals surface area contributed by atoms with Gasteiger partial charge in [0.2, 0.25) is 5.69 Å². The van der Waals surface area contributed by atoms with Crippen LogP contribution in [0.4, 0.5) is 11.4 Å². The van der Waals surface area contributed by atoms with Crippen LogP contribution in [0.15, 0.2) is 72.5 Å². The zero-order valence-corrected chi connectivity index (χ0v) is 20.8. The maximum Gasteiger partial charge on any atom is 0.209 e. The van der Waals surface area contributed by atoms with Crippen molar-refractivity contribution in [2.45, 2.75) is 38.5 Å². The molecule has 5 nitrogen and oxygen atoms in total. The van der Waals surface area contributed by atoms with E-state index in [0.717, 1.165) is 12.3 Å². The van der Waals surface area contributed by atoms with Crippen LogP contribution < -0.4 is 10.5 Å². The number of thiol groups is 1. The predicted octanol–water partition coefficient (Wildman–Crippen LogP) is 5.14. The summed E-state index contributed by atoms with van der Waals surface area (Å²) in [6.07, 6.45) is 6.65. The third-order valence-electron chi connectivity index (χ3n) is 6.91. The fourth-order valence-corrected chi connectivity index (χ4v) is 5.48. The van der Waals surface area contributed by atoms with Crippen LogP contribution in [0, 0.1) is 0 Å². The van der Waals surface area contributed by atoms with Gasteiger partial charge in [-0.25, -0.2) is 0 Å². The van der Waals surface area contributed by atoms with E-state index < -0.39 is 0 Å². The van der Waals surface area contributed by atoms with E-state index >= 15 is 0 Å². The van der Waals surface area contributed by atoms with Gasteiger partial charge in [0, 0.05) is 46.8 Å². The number of rotatable bonds is 8. The van der Waals surface area contributed by atoms with Crippen LogP contribution >= 0.6 is 12.6 Å². The fraction of sp³-hybridized carbons (Fsp3) is 0.370. The lowest BCUT2D eigenvalue weighted by atomic mass is 9.81. The van der Waals surface area contributed by atoms with E-state index in [2.05, 4.69) is 117 Å². The first-order chi connectivity index (χ1) is 15.8. The van der Waals surface area contributed by atoms with Crippen molar-refractivity contribution >= 4 is 29.7 Å². The first-order valence-electron chi connectivity index (χ1n) is 11.5. The first-order valence-corrected chi connectivity index (χ1v) is 12.1. The molecule has 2 N–H and O–H groups in total. The molecule has 0 amide bonds. The highest BCUT2D eigenvalue weighted by molar-refractivity contribution is 7.80. The lowest BCUT2D eigenvalue weighted by Crippen LogP contribution is -2.30. The molecule has 2 aromatic carbocycles. The molecule has 2 aliphatic rings. The van der Waals surface area contributed by atoms with E-state index in [1.807, 2.05) is 0 Å². The van der Waals surface area contributed by atoms with Crippen molar-refractivity contribution in [1.29, 1.82) is 0 Å². The molecule has 0 saturated carbocycles. The number of hydrogen-bond donors (Lipinski definition) is 3. The Hall–Kier alpha value is -2.38. The Labute approximate surface area is 202 Å². The normalized spacial score (nSPS) is 19.6. The second-order valence-corrected chi connectivity index (χ2v) is 9.99. The average molecular weight is 465 g/mol. The highest BCUT2D eigenvalue weighted by atomic mass is 32.1. The van der Waals surface area contributed by atoms with Gasteiger partial charge in [-0.1, -0.05) is 62.0 Å². The van der Waals surface area contributed by atoms with Crippen LogP contribution in [-0.2, 0) is 15.7 Å². The standard InChI is InChI=1S/C27H33N3O2S/c1-26(2)20-10-5-7-12-22(20)29(16-18-32-28-31)24(26)14-9-15-25-27(3,4)21-11-6-8-13-23(21)30(25)17-19-33/h5-15,28,31H,16-19H2,1-4H3/p+1. The second kappa shape index (κ2) is 9.47. The van der Waals surface area contributed by atoms with Crippen molar-refractivity contribution in [2.75, 3.05) is 30.3 Å². The van der Waals surface area contributed by atoms with Crippen LogP contribution in [0.25, 0.3) is 0 Å². The fourth-order valence-electron chi connectivity index (χ4n) is 5.28. The highest BCUT2D eigenvalue weighted by Crippen LogP contribution is 2.47. The van der Waals surface area contributed by atoms with Crippen molar-refractivity contribution < 1.29 is 14.6 Å². The smallest absolute Gasteiger partial charge is 0.209 e. The molecule has 2 heterocycles. The molecule has 0 atom stereocenters. The third-order valence-corrected chi connectivity index (χ3v) is 7.11. The Kier molecular flexibility index (Phi) is 6.82. The van der Waals surface area contributed by atoms with Gasteiger partial charge in [-0.15, -0.1) is 0 Å². The summed E-state index contributed by atoms with van der Waals surface area (Å²) in [4.78, 5) is 7.30. The number of nitrogens with zero attached hydrogens (tertiary/aromatic N) is 2. The Morgan fingerprint density at radius 3 is 2.45 bits per heavy atom. The molecular weight excluding hydrogens is 430 g/mol. The van der Waals surface area contributed by atoms with Crippen LogP contribution in [0.3, 0.4) is 0 Å². The second-order valence-electron chi connectivity index (χ2n) is 9.55. The molecule has 0 aromatic heterocycles. The van der Waals surface area contributed by atoms with E-state index in [1.165, 1.54) is 33.9 Å². The number of fused-ring (bicyclic) bond motifs is 2. The summed E-state index contributed by atoms with van der Waals surface area (Å²) in [7, 11) is 0. The van der Waals surface area contributed by atoms with Crippen LogP contribution in [0.2, 0.25) is 0 Å². The molecule has 0 bridgehead atoms. The SMILES string of the molecule is CC1(C)C(/C=C/C=C2/N(CCONO)c3ccccc3C2(C)C)=[N+](CCS)c2ccccc21. The minimum Gasteiger partial charge on any atom is -0.342 e. The van der Waals surface area contributed by atoms with Crippen molar-refractivity contribution in [3.63, 3.8) is 0 Å². The Balaban J connectivity index is 1.72. The molecule has 2 aromatic rings. The van der Waals surface area contributed by atoms with Crippen LogP contribution in [0.1, 0.15) is 38.8 Å². The summed E-state index contributed by atoms with van der Waals surface area (Å²) in [5.41, 5.74) is 9.15. The Morgan fingerprint density at radius 2 is 1.73 bits per heavy atom. The van der Waals surface area contributed by atoms with Crippen molar-refractivity contribution in [2.24, 2.45) is 0 Å². The van der Waals surface area contributed by atoms with Crippen LogP contribution in [-0.4, -0.2) is 40.9 Å². The Bertz CT molecular complexity index is 1120. The molecular formula is C27H34N3O2S+. The van der Waals surface area contributed by atoms with Gasteiger partial charge in [-0.05, 0) is 31.6 Å². The summed E-state index contributed by atoms with van der Waals surface area (Å²) in [6.45, 7) is 11.0. The Morgan fingerprint density at radius 1 is 1.03 bits per heavy atom. The minimum atomic E-state index is -0.142. The van der Waals surface area contributed by atoms with Crippen molar-refractivity contribution in [3.8, 4) is 0 Å². The third kappa shape index (κ3) is 4.17. The molecule has 0 unspecified atom stereocenters. The number of nitrogens with one attached hydrogen (secondary N) is 1. The van der Waals surface area contributed by atoms with E-state index in [4.69, 9.17) is 10.0 Å². The van der Waals surface area contributed by atoms with Gasteiger partial charge in [0.15, 0.2) is 12.3 Å². The van der Waals surface area contributed by atoms with E-state index in [-0.39, 0.29) is 10.8 Å². The molecule has 2 aliphatic heterocycles. The number of para-hydroxylation sites is 2. The molecule has 6 heteroatoms. The van der Waals surface area contributed by atoms with E-state index in [9.17, 15) is 0 Å². The molecule has 0 aliphatic carbocycles. The summed E-state index contributed by atoms with van der Waals surface area (Å²) >= 11 is 4.52. The van der Waals surface area contributed by atoms with Crippen molar-refractivity contribution in [3.05, 3.63) is 83.6 Å².